The molecule has 0 aliphatic rings. The summed E-state index contributed by atoms with van der Waals surface area (Å²) in [6.07, 6.45) is 0.853. The SMILES string of the molecule is CC[C@H](CO)NCc1cccc(OCC(=O)O)c1. The average molecular weight is 253 g/mol. The number of carboxylic acids is 1. The molecular weight excluding hydrogens is 234 g/mol. The van der Waals surface area contributed by atoms with E-state index < -0.39 is 5.97 Å². The average Bonchev–Trinajstić information content (AvgIpc) is 2.38. The number of ether oxygens (including phenoxy) is 1. The number of nitrogens with one attached hydrogen (secondary N) is 1. The molecule has 1 rings (SSSR count). The van der Waals surface area contributed by atoms with Crippen molar-refractivity contribution in [2.45, 2.75) is 25.9 Å². The molecule has 18 heavy (non-hydrogen) atoms. The van der Waals surface area contributed by atoms with Gasteiger partial charge < -0.3 is 20.3 Å². The van der Waals surface area contributed by atoms with Gasteiger partial charge in [-0.2, -0.15) is 0 Å². The molecule has 100 valence electrons. The molecular formula is C13H19NO4. The molecule has 0 bridgehead atoms. The molecule has 0 aliphatic heterocycles. The summed E-state index contributed by atoms with van der Waals surface area (Å²) in [4.78, 5) is 10.4. The summed E-state index contributed by atoms with van der Waals surface area (Å²) in [7, 11) is 0. The molecule has 5 nitrogen and oxygen atoms in total. The van der Waals surface area contributed by atoms with Crippen LogP contribution in [0.25, 0.3) is 0 Å². The largest absolute Gasteiger partial charge is 0.482 e. The van der Waals surface area contributed by atoms with E-state index >= 15 is 0 Å². The number of aliphatic hydroxyl groups is 1. The quantitative estimate of drug-likeness (QED) is 0.644. The molecule has 3 N–H and O–H groups in total. The lowest BCUT2D eigenvalue weighted by Crippen LogP contribution is -2.31. The van der Waals surface area contributed by atoms with Gasteiger partial charge in [-0.25, -0.2) is 4.79 Å². The number of hydrogen-bond donors (Lipinski definition) is 3. The molecule has 1 atom stereocenters. The smallest absolute Gasteiger partial charge is 0.341 e. The molecule has 1 aromatic rings. The van der Waals surface area contributed by atoms with Gasteiger partial charge in [0.05, 0.1) is 6.61 Å². The number of rotatable bonds is 8. The highest BCUT2D eigenvalue weighted by atomic mass is 16.5. The highest BCUT2D eigenvalue weighted by molar-refractivity contribution is 5.68. The topological polar surface area (TPSA) is 78.8 Å². The maximum atomic E-state index is 10.4. The minimum absolute atomic E-state index is 0.0774. The van der Waals surface area contributed by atoms with Gasteiger partial charge >= 0.3 is 5.97 Å². The minimum atomic E-state index is -0.996. The van der Waals surface area contributed by atoms with E-state index in [0.717, 1.165) is 12.0 Å². The lowest BCUT2D eigenvalue weighted by atomic mass is 10.2. The molecule has 0 spiro atoms. The van der Waals surface area contributed by atoms with Crippen molar-refractivity contribution in [1.29, 1.82) is 0 Å². The Kier molecular flexibility index (Phi) is 6.18. The van der Waals surface area contributed by atoms with E-state index in [4.69, 9.17) is 14.9 Å². The van der Waals surface area contributed by atoms with Crippen LogP contribution in [0, 0.1) is 0 Å². The van der Waals surface area contributed by atoms with Crippen LogP contribution in [0.3, 0.4) is 0 Å². The Morgan fingerprint density at radius 3 is 2.89 bits per heavy atom. The normalized spacial score (nSPS) is 12.1. The molecule has 0 aromatic heterocycles. The zero-order valence-electron chi connectivity index (χ0n) is 10.4. The fourth-order valence-electron chi connectivity index (χ4n) is 1.49. The molecule has 1 aromatic carbocycles. The zero-order valence-corrected chi connectivity index (χ0v) is 10.4. The third-order valence-corrected chi connectivity index (χ3v) is 2.57. The lowest BCUT2D eigenvalue weighted by Gasteiger charge is -2.14. The molecule has 5 heteroatoms. The highest BCUT2D eigenvalue weighted by Gasteiger charge is 2.04. The van der Waals surface area contributed by atoms with Crippen LogP contribution in [0.2, 0.25) is 0 Å². The Morgan fingerprint density at radius 1 is 1.50 bits per heavy atom. The van der Waals surface area contributed by atoms with Crippen molar-refractivity contribution < 1.29 is 19.7 Å². The van der Waals surface area contributed by atoms with Crippen LogP contribution in [0.5, 0.6) is 5.75 Å². The van der Waals surface area contributed by atoms with Crippen LogP contribution in [0.4, 0.5) is 0 Å². The van der Waals surface area contributed by atoms with Crippen molar-refractivity contribution in [3.63, 3.8) is 0 Å². The maximum Gasteiger partial charge on any atom is 0.341 e. The van der Waals surface area contributed by atoms with Crippen molar-refractivity contribution in [1.82, 2.24) is 5.32 Å². The van der Waals surface area contributed by atoms with Crippen LogP contribution >= 0.6 is 0 Å². The summed E-state index contributed by atoms with van der Waals surface area (Å²) in [6, 6.07) is 7.32. The summed E-state index contributed by atoms with van der Waals surface area (Å²) in [5, 5.41) is 20.8. The van der Waals surface area contributed by atoms with Crippen molar-refractivity contribution >= 4 is 5.97 Å². The van der Waals surface area contributed by atoms with E-state index in [0.29, 0.717) is 12.3 Å². The molecule has 0 aliphatic carbocycles. The third-order valence-electron chi connectivity index (χ3n) is 2.57. The maximum absolute atomic E-state index is 10.4. The predicted molar refractivity (Wildman–Crippen MR) is 67.6 cm³/mol. The van der Waals surface area contributed by atoms with Crippen LogP contribution in [0.1, 0.15) is 18.9 Å². The van der Waals surface area contributed by atoms with Gasteiger partial charge in [0.1, 0.15) is 5.75 Å². The second kappa shape index (κ2) is 7.68. The first-order valence-corrected chi connectivity index (χ1v) is 5.93. The fourth-order valence-corrected chi connectivity index (χ4v) is 1.49. The number of carboxylic acid groups (broad SMARTS) is 1. The molecule has 0 unspecified atom stereocenters. The molecule has 0 saturated carbocycles. The molecule has 0 saturated heterocycles. The first-order chi connectivity index (χ1) is 8.65. The predicted octanol–water partition coefficient (Wildman–Crippen LogP) is 1.01. The number of carbonyl (C=O) groups is 1. The molecule has 0 amide bonds. The van der Waals surface area contributed by atoms with Gasteiger partial charge in [0.2, 0.25) is 0 Å². The highest BCUT2D eigenvalue weighted by Crippen LogP contribution is 2.13. The van der Waals surface area contributed by atoms with E-state index in [-0.39, 0.29) is 19.3 Å². The molecule has 0 heterocycles. The van der Waals surface area contributed by atoms with E-state index in [1.165, 1.54) is 0 Å². The second-order valence-corrected chi connectivity index (χ2v) is 4.00. The summed E-state index contributed by atoms with van der Waals surface area (Å²) in [5.41, 5.74) is 0.991. The van der Waals surface area contributed by atoms with Gasteiger partial charge in [-0.15, -0.1) is 0 Å². The van der Waals surface area contributed by atoms with Gasteiger partial charge in [-0.05, 0) is 24.1 Å². The van der Waals surface area contributed by atoms with E-state index in [1.807, 2.05) is 19.1 Å². The summed E-state index contributed by atoms with van der Waals surface area (Å²) in [5.74, 6) is -0.460. The van der Waals surface area contributed by atoms with E-state index in [1.54, 1.807) is 12.1 Å². The van der Waals surface area contributed by atoms with Crippen LogP contribution in [-0.4, -0.2) is 35.4 Å². The number of benzene rings is 1. The Bertz CT molecular complexity index is 377. The second-order valence-electron chi connectivity index (χ2n) is 4.00. The number of aliphatic carboxylic acids is 1. The van der Waals surface area contributed by atoms with Crippen molar-refractivity contribution in [3.8, 4) is 5.75 Å². The third kappa shape index (κ3) is 5.16. The van der Waals surface area contributed by atoms with Gasteiger partial charge in [0, 0.05) is 12.6 Å². The summed E-state index contributed by atoms with van der Waals surface area (Å²) in [6.45, 7) is 2.38. The van der Waals surface area contributed by atoms with Crippen molar-refractivity contribution in [2.75, 3.05) is 13.2 Å². The van der Waals surface area contributed by atoms with Gasteiger partial charge in [0.25, 0.3) is 0 Å². The van der Waals surface area contributed by atoms with Gasteiger partial charge in [0.15, 0.2) is 6.61 Å². The summed E-state index contributed by atoms with van der Waals surface area (Å²) < 4.78 is 5.09. The minimum Gasteiger partial charge on any atom is -0.482 e. The lowest BCUT2D eigenvalue weighted by molar-refractivity contribution is -0.139. The Morgan fingerprint density at radius 2 is 2.28 bits per heavy atom. The summed E-state index contributed by atoms with van der Waals surface area (Å²) >= 11 is 0. The molecule has 0 radical (unpaired) electrons. The van der Waals surface area contributed by atoms with E-state index in [2.05, 4.69) is 5.32 Å². The first-order valence-electron chi connectivity index (χ1n) is 5.93. The molecule has 0 fully saturated rings. The zero-order chi connectivity index (χ0) is 13.4. The monoisotopic (exact) mass is 253 g/mol. The Hall–Kier alpha value is -1.59. The van der Waals surface area contributed by atoms with Gasteiger partial charge in [-0.3, -0.25) is 0 Å². The van der Waals surface area contributed by atoms with Crippen molar-refractivity contribution in [3.05, 3.63) is 29.8 Å². The fraction of sp³-hybridized carbons (Fsp3) is 0.462. The first kappa shape index (κ1) is 14.5. The Balaban J connectivity index is 2.51. The van der Waals surface area contributed by atoms with Gasteiger partial charge in [-0.1, -0.05) is 19.1 Å². The van der Waals surface area contributed by atoms with Crippen LogP contribution in [0.15, 0.2) is 24.3 Å². The van der Waals surface area contributed by atoms with E-state index in [9.17, 15) is 4.79 Å². The van der Waals surface area contributed by atoms with Crippen molar-refractivity contribution in [2.24, 2.45) is 0 Å². The number of aliphatic hydroxyl groups excluding tert-OH is 1. The number of hydrogen-bond acceptors (Lipinski definition) is 4. The van der Waals surface area contributed by atoms with Crippen LogP contribution < -0.4 is 10.1 Å². The standard InChI is InChI=1S/C13H19NO4/c1-2-11(8-15)14-7-10-4-3-5-12(6-10)18-9-13(16)17/h3-6,11,14-15H,2,7-9H2,1H3,(H,16,17)/t11-/m1/s1. The van der Waals surface area contributed by atoms with Crippen LogP contribution in [-0.2, 0) is 11.3 Å². The Labute approximate surface area is 106 Å².